The second kappa shape index (κ2) is 9.55. The fourth-order valence-corrected chi connectivity index (χ4v) is 3.20. The SMILES string of the molecule is CC(CNc1nc(-c2cc(-c3ccon3)n(Cc3cccc(F)c3F)n2)ncc1F)(C(=O)O)C(F)(F)F. The molecule has 3 heterocycles. The molecule has 4 aromatic rings. The van der Waals surface area contributed by atoms with Gasteiger partial charge in [-0.05, 0) is 19.1 Å². The number of anilines is 1. The maximum Gasteiger partial charge on any atom is 0.406 e. The third-order valence-corrected chi connectivity index (χ3v) is 5.51. The molecule has 4 rings (SSSR count). The lowest BCUT2D eigenvalue weighted by Crippen LogP contribution is -2.47. The molecule has 0 aliphatic heterocycles. The average Bonchev–Trinajstić information content (AvgIpc) is 3.50. The van der Waals surface area contributed by atoms with Gasteiger partial charge >= 0.3 is 12.1 Å². The van der Waals surface area contributed by atoms with E-state index in [0.717, 1.165) is 6.07 Å². The molecule has 1 unspecified atom stereocenters. The number of aromatic nitrogens is 5. The lowest BCUT2D eigenvalue weighted by atomic mass is 9.90. The van der Waals surface area contributed by atoms with E-state index < -0.39 is 47.4 Å². The van der Waals surface area contributed by atoms with E-state index in [0.29, 0.717) is 13.1 Å². The summed E-state index contributed by atoms with van der Waals surface area (Å²) in [6, 6.07) is 6.43. The normalized spacial score (nSPS) is 13.4. The largest absolute Gasteiger partial charge is 0.481 e. The number of alkyl halides is 3. The minimum absolute atomic E-state index is 0.0188. The van der Waals surface area contributed by atoms with E-state index >= 15 is 0 Å². The maximum absolute atomic E-state index is 14.3. The molecule has 0 aliphatic rings. The molecular formula is C22H16F6N6O3. The van der Waals surface area contributed by atoms with Gasteiger partial charge in [-0.15, -0.1) is 0 Å². The van der Waals surface area contributed by atoms with Crippen LogP contribution in [0.1, 0.15) is 12.5 Å². The molecule has 3 aromatic heterocycles. The summed E-state index contributed by atoms with van der Waals surface area (Å²) in [7, 11) is 0. The van der Waals surface area contributed by atoms with Crippen molar-refractivity contribution in [3.63, 3.8) is 0 Å². The predicted octanol–water partition coefficient (Wildman–Crippen LogP) is 4.53. The Kier molecular flexibility index (Phi) is 6.62. The summed E-state index contributed by atoms with van der Waals surface area (Å²) in [4.78, 5) is 18.9. The lowest BCUT2D eigenvalue weighted by molar-refractivity contribution is -0.222. The first-order valence-electron chi connectivity index (χ1n) is 10.4. The van der Waals surface area contributed by atoms with Gasteiger partial charge in [0.15, 0.2) is 34.5 Å². The summed E-state index contributed by atoms with van der Waals surface area (Å²) in [6.45, 7) is -1.04. The van der Waals surface area contributed by atoms with Gasteiger partial charge in [0.1, 0.15) is 17.7 Å². The monoisotopic (exact) mass is 526 g/mol. The van der Waals surface area contributed by atoms with Crippen LogP contribution in [0.3, 0.4) is 0 Å². The second-order valence-corrected chi connectivity index (χ2v) is 8.05. The van der Waals surface area contributed by atoms with E-state index in [1.165, 1.54) is 35.2 Å². The van der Waals surface area contributed by atoms with E-state index in [-0.39, 0.29) is 35.0 Å². The summed E-state index contributed by atoms with van der Waals surface area (Å²) in [5.41, 5.74) is -2.80. The molecule has 1 aromatic carbocycles. The van der Waals surface area contributed by atoms with Crippen LogP contribution in [0.15, 0.2) is 47.3 Å². The minimum Gasteiger partial charge on any atom is -0.481 e. The number of rotatable bonds is 8. The second-order valence-electron chi connectivity index (χ2n) is 8.05. The Hall–Kier alpha value is -4.43. The van der Waals surface area contributed by atoms with E-state index in [1.54, 1.807) is 0 Å². The van der Waals surface area contributed by atoms with Crippen LogP contribution < -0.4 is 5.32 Å². The van der Waals surface area contributed by atoms with Crippen LogP contribution in [0.4, 0.5) is 32.2 Å². The zero-order chi connectivity index (χ0) is 27.0. The number of nitrogens with one attached hydrogen (secondary N) is 1. The number of carboxylic acid groups (broad SMARTS) is 1. The van der Waals surface area contributed by atoms with Crippen LogP contribution >= 0.6 is 0 Å². The number of hydrogen-bond acceptors (Lipinski definition) is 7. The molecule has 194 valence electrons. The molecule has 37 heavy (non-hydrogen) atoms. The summed E-state index contributed by atoms with van der Waals surface area (Å²) < 4.78 is 88.2. The molecule has 0 amide bonds. The summed E-state index contributed by atoms with van der Waals surface area (Å²) in [5.74, 6) is -6.43. The van der Waals surface area contributed by atoms with Crippen molar-refractivity contribution >= 4 is 11.8 Å². The molecule has 0 fully saturated rings. The standard InChI is InChI=1S/C22H16F6N6O3/c1-21(20(35)36,22(26,27)28)10-30-18-13(24)8-29-19(31-18)15-7-16(14-5-6-37-33-14)34(32-15)9-11-3-2-4-12(23)17(11)25/h2-8H,9-10H2,1H3,(H,35,36)(H,29,30,31). The van der Waals surface area contributed by atoms with Gasteiger partial charge in [0, 0.05) is 18.2 Å². The summed E-state index contributed by atoms with van der Waals surface area (Å²) >= 11 is 0. The number of halogens is 6. The topological polar surface area (TPSA) is 119 Å². The van der Waals surface area contributed by atoms with Crippen molar-refractivity contribution in [3.05, 3.63) is 65.8 Å². The highest BCUT2D eigenvalue weighted by Crippen LogP contribution is 2.38. The van der Waals surface area contributed by atoms with Gasteiger partial charge in [0.25, 0.3) is 0 Å². The van der Waals surface area contributed by atoms with Crippen molar-refractivity contribution < 1.29 is 40.8 Å². The van der Waals surface area contributed by atoms with Crippen molar-refractivity contribution in [1.82, 2.24) is 24.9 Å². The van der Waals surface area contributed by atoms with Crippen LogP contribution in [0.2, 0.25) is 0 Å². The van der Waals surface area contributed by atoms with Crippen LogP contribution in [-0.4, -0.2) is 48.7 Å². The van der Waals surface area contributed by atoms with Crippen molar-refractivity contribution in [3.8, 4) is 22.9 Å². The third kappa shape index (κ3) is 4.96. The molecule has 0 saturated heterocycles. The molecule has 2 N–H and O–H groups in total. The number of hydrogen-bond donors (Lipinski definition) is 2. The number of carboxylic acids is 1. The maximum atomic E-state index is 14.3. The van der Waals surface area contributed by atoms with Crippen molar-refractivity contribution in [1.29, 1.82) is 0 Å². The zero-order valence-electron chi connectivity index (χ0n) is 18.7. The molecular weight excluding hydrogens is 510 g/mol. The highest BCUT2D eigenvalue weighted by molar-refractivity contribution is 5.76. The average molecular weight is 526 g/mol. The van der Waals surface area contributed by atoms with Gasteiger partial charge in [-0.1, -0.05) is 17.3 Å². The van der Waals surface area contributed by atoms with Crippen molar-refractivity contribution in [2.24, 2.45) is 5.41 Å². The van der Waals surface area contributed by atoms with Crippen LogP contribution in [0.5, 0.6) is 0 Å². The number of nitrogens with zero attached hydrogens (tertiary/aromatic N) is 5. The minimum atomic E-state index is -5.14. The van der Waals surface area contributed by atoms with E-state index in [9.17, 15) is 31.1 Å². The Labute approximate surface area is 203 Å². The van der Waals surface area contributed by atoms with E-state index in [2.05, 4.69) is 25.5 Å². The zero-order valence-corrected chi connectivity index (χ0v) is 18.7. The fourth-order valence-electron chi connectivity index (χ4n) is 3.20. The molecule has 15 heteroatoms. The van der Waals surface area contributed by atoms with Crippen molar-refractivity contribution in [2.75, 3.05) is 11.9 Å². The Balaban J connectivity index is 1.70. The third-order valence-electron chi connectivity index (χ3n) is 5.51. The summed E-state index contributed by atoms with van der Waals surface area (Å²) in [6.07, 6.45) is -3.22. The molecule has 1 atom stereocenters. The van der Waals surface area contributed by atoms with Gasteiger partial charge in [-0.25, -0.2) is 23.1 Å². The fraction of sp³-hybridized carbons (Fsp3) is 0.227. The highest BCUT2D eigenvalue weighted by atomic mass is 19.4. The molecule has 0 bridgehead atoms. The number of carbonyl (C=O) groups is 1. The van der Waals surface area contributed by atoms with Crippen LogP contribution in [0.25, 0.3) is 22.9 Å². The smallest absolute Gasteiger partial charge is 0.406 e. The predicted molar refractivity (Wildman–Crippen MR) is 114 cm³/mol. The quantitative estimate of drug-likeness (QED) is 0.322. The molecule has 9 nitrogen and oxygen atoms in total. The lowest BCUT2D eigenvalue weighted by Gasteiger charge is -2.27. The van der Waals surface area contributed by atoms with Crippen LogP contribution in [0, 0.1) is 22.9 Å². The van der Waals surface area contributed by atoms with Crippen molar-refractivity contribution in [2.45, 2.75) is 19.6 Å². The van der Waals surface area contributed by atoms with E-state index in [4.69, 9.17) is 9.63 Å². The van der Waals surface area contributed by atoms with Gasteiger partial charge in [0.2, 0.25) is 0 Å². The number of aliphatic carboxylic acids is 1. The molecule has 0 radical (unpaired) electrons. The number of benzene rings is 1. The molecule has 0 aliphatic carbocycles. The first-order valence-corrected chi connectivity index (χ1v) is 10.4. The first-order chi connectivity index (χ1) is 17.4. The molecule has 0 spiro atoms. The van der Waals surface area contributed by atoms with Crippen LogP contribution in [-0.2, 0) is 11.3 Å². The van der Waals surface area contributed by atoms with Gasteiger partial charge in [0.05, 0.1) is 18.4 Å². The van der Waals surface area contributed by atoms with Gasteiger partial charge in [-0.2, -0.15) is 18.3 Å². The Bertz CT molecular complexity index is 1440. The summed E-state index contributed by atoms with van der Waals surface area (Å²) in [5, 5.41) is 19.2. The molecule has 0 saturated carbocycles. The highest BCUT2D eigenvalue weighted by Gasteiger charge is 2.57. The first kappa shape index (κ1) is 25.7. The Morgan fingerprint density at radius 3 is 2.54 bits per heavy atom. The Morgan fingerprint density at radius 1 is 1.14 bits per heavy atom. The Morgan fingerprint density at radius 2 is 1.89 bits per heavy atom. The van der Waals surface area contributed by atoms with Gasteiger partial charge < -0.3 is 14.9 Å². The van der Waals surface area contributed by atoms with Gasteiger partial charge in [-0.3, -0.25) is 9.48 Å². The van der Waals surface area contributed by atoms with E-state index in [1.807, 2.05) is 0 Å².